The number of benzene rings is 2. The second kappa shape index (κ2) is 10.4. The minimum atomic E-state index is -1.10. The molecular formula is C26H23F2N3O4. The number of hydrogen-bond donors (Lipinski definition) is 2. The number of aliphatic hydroxyl groups is 1. The lowest BCUT2D eigenvalue weighted by Crippen LogP contribution is -2.35. The second-order valence-electron chi connectivity index (χ2n) is 7.78. The van der Waals surface area contributed by atoms with Gasteiger partial charge in [-0.3, -0.25) is 14.6 Å². The van der Waals surface area contributed by atoms with E-state index < -0.39 is 35.7 Å². The van der Waals surface area contributed by atoms with E-state index in [2.05, 4.69) is 10.3 Å². The van der Waals surface area contributed by atoms with E-state index >= 15 is 0 Å². The van der Waals surface area contributed by atoms with Crippen molar-refractivity contribution < 1.29 is 23.4 Å². The molecule has 0 aliphatic carbocycles. The number of rotatable bonds is 8. The van der Waals surface area contributed by atoms with Crippen molar-refractivity contribution in [2.45, 2.75) is 19.5 Å². The lowest BCUT2D eigenvalue weighted by atomic mass is 10.1. The Labute approximate surface area is 199 Å². The molecule has 2 aromatic carbocycles. The summed E-state index contributed by atoms with van der Waals surface area (Å²) in [7, 11) is 0. The number of carbonyl (C=O) groups is 1. The Balaban J connectivity index is 1.57. The first-order valence-corrected chi connectivity index (χ1v) is 11.0. The largest absolute Gasteiger partial charge is 0.493 e. The normalized spacial score (nSPS) is 11.9. The van der Waals surface area contributed by atoms with Gasteiger partial charge in [0.15, 0.2) is 11.6 Å². The van der Waals surface area contributed by atoms with Crippen LogP contribution in [-0.4, -0.2) is 33.8 Å². The fraction of sp³-hybridized carbons (Fsp3) is 0.192. The van der Waals surface area contributed by atoms with E-state index in [1.54, 1.807) is 12.3 Å². The van der Waals surface area contributed by atoms with Gasteiger partial charge in [-0.15, -0.1) is 0 Å². The molecule has 1 amide bonds. The van der Waals surface area contributed by atoms with Gasteiger partial charge in [0.05, 0.1) is 24.8 Å². The van der Waals surface area contributed by atoms with Crippen molar-refractivity contribution in [3.05, 3.63) is 106 Å². The highest BCUT2D eigenvalue weighted by atomic mass is 19.2. The van der Waals surface area contributed by atoms with Gasteiger partial charge in [0, 0.05) is 24.3 Å². The topological polar surface area (TPSA) is 93.4 Å². The molecule has 9 heteroatoms. The van der Waals surface area contributed by atoms with E-state index in [0.717, 1.165) is 33.2 Å². The van der Waals surface area contributed by atoms with Crippen LogP contribution in [0.3, 0.4) is 0 Å². The quantitative estimate of drug-likeness (QED) is 0.403. The van der Waals surface area contributed by atoms with Gasteiger partial charge in [-0.2, -0.15) is 0 Å². The first-order valence-electron chi connectivity index (χ1n) is 11.0. The van der Waals surface area contributed by atoms with Gasteiger partial charge in [-0.1, -0.05) is 12.1 Å². The molecule has 35 heavy (non-hydrogen) atoms. The van der Waals surface area contributed by atoms with Crippen molar-refractivity contribution >= 4 is 16.8 Å². The van der Waals surface area contributed by atoms with Gasteiger partial charge in [-0.25, -0.2) is 8.78 Å². The fourth-order valence-electron chi connectivity index (χ4n) is 3.84. The number of halogens is 2. The molecule has 0 aliphatic rings. The van der Waals surface area contributed by atoms with Crippen LogP contribution in [0, 0.1) is 11.6 Å². The van der Waals surface area contributed by atoms with E-state index in [1.807, 2.05) is 25.1 Å². The summed E-state index contributed by atoms with van der Waals surface area (Å²) in [6.07, 6.45) is 3.04. The molecule has 1 unspecified atom stereocenters. The molecule has 180 valence electrons. The zero-order chi connectivity index (χ0) is 24.9. The Bertz CT molecular complexity index is 1440. The predicted octanol–water partition coefficient (Wildman–Crippen LogP) is 3.59. The van der Waals surface area contributed by atoms with Gasteiger partial charge in [0.2, 0.25) is 0 Å². The van der Waals surface area contributed by atoms with E-state index in [9.17, 15) is 23.5 Å². The van der Waals surface area contributed by atoms with E-state index in [1.165, 1.54) is 24.4 Å². The van der Waals surface area contributed by atoms with Gasteiger partial charge in [0.1, 0.15) is 11.3 Å². The molecule has 4 rings (SSSR count). The number of pyridine rings is 2. The van der Waals surface area contributed by atoms with Crippen LogP contribution in [0.4, 0.5) is 8.78 Å². The molecule has 2 N–H and O–H groups in total. The highest BCUT2D eigenvalue weighted by Gasteiger charge is 2.20. The highest BCUT2D eigenvalue weighted by molar-refractivity contribution is 5.94. The number of hydrogen-bond acceptors (Lipinski definition) is 5. The summed E-state index contributed by atoms with van der Waals surface area (Å²) in [5, 5.41) is 13.4. The summed E-state index contributed by atoms with van der Waals surface area (Å²) < 4.78 is 33.8. The summed E-state index contributed by atoms with van der Waals surface area (Å²) in [4.78, 5) is 30.2. The van der Waals surface area contributed by atoms with Gasteiger partial charge < -0.3 is 19.7 Å². The molecule has 2 aromatic heterocycles. The minimum Gasteiger partial charge on any atom is -0.493 e. The summed E-state index contributed by atoms with van der Waals surface area (Å²) in [6.45, 7) is 1.98. The monoisotopic (exact) mass is 479 g/mol. The maximum absolute atomic E-state index is 13.7. The number of carbonyl (C=O) groups excluding carboxylic acids is 1. The Morgan fingerprint density at radius 3 is 2.71 bits per heavy atom. The summed E-state index contributed by atoms with van der Waals surface area (Å²) in [5.74, 6) is -2.06. The molecule has 1 atom stereocenters. The lowest BCUT2D eigenvalue weighted by molar-refractivity contribution is 0.0948. The standard InChI is InChI=1S/C26H23F2N3O4/c1-2-35-24-9-10-29-22-8-5-16(12-19(22)24)14-30-25(33)18-4-3-11-31(26(18)34)23(15-32)17-6-7-20(27)21(28)13-17/h3-13,23,32H,2,14-15H2,1H3,(H,30,33). The van der Waals surface area contributed by atoms with E-state index in [0.29, 0.717) is 12.4 Å². The van der Waals surface area contributed by atoms with E-state index in [4.69, 9.17) is 4.74 Å². The van der Waals surface area contributed by atoms with Crippen LogP contribution in [0.15, 0.2) is 71.8 Å². The van der Waals surface area contributed by atoms with Crippen LogP contribution < -0.4 is 15.6 Å². The average molecular weight is 479 g/mol. The number of ether oxygens (including phenoxy) is 1. The van der Waals surface area contributed by atoms with Crippen molar-refractivity contribution in [2.24, 2.45) is 0 Å². The Hall–Kier alpha value is -4.11. The van der Waals surface area contributed by atoms with Crippen LogP contribution >= 0.6 is 0 Å². The average Bonchev–Trinajstić information content (AvgIpc) is 2.86. The number of amides is 1. The molecule has 0 fully saturated rings. The van der Waals surface area contributed by atoms with Crippen molar-refractivity contribution in [1.82, 2.24) is 14.9 Å². The van der Waals surface area contributed by atoms with E-state index in [-0.39, 0.29) is 17.7 Å². The zero-order valence-corrected chi connectivity index (χ0v) is 18.9. The first-order chi connectivity index (χ1) is 16.9. The SMILES string of the molecule is CCOc1ccnc2ccc(CNC(=O)c3cccn(C(CO)c4ccc(F)c(F)c4)c3=O)cc12. The first kappa shape index (κ1) is 24.0. The summed E-state index contributed by atoms with van der Waals surface area (Å²) >= 11 is 0. The third kappa shape index (κ3) is 5.04. The lowest BCUT2D eigenvalue weighted by Gasteiger charge is -2.19. The molecule has 4 aromatic rings. The smallest absolute Gasteiger partial charge is 0.264 e. The molecule has 0 bridgehead atoms. The highest BCUT2D eigenvalue weighted by Crippen LogP contribution is 2.25. The number of fused-ring (bicyclic) bond motifs is 1. The third-order valence-corrected chi connectivity index (χ3v) is 5.58. The van der Waals surface area contributed by atoms with Gasteiger partial charge >= 0.3 is 0 Å². The maximum atomic E-state index is 13.7. The summed E-state index contributed by atoms with van der Waals surface area (Å²) in [5.41, 5.74) is 0.914. The van der Waals surface area contributed by atoms with Crippen molar-refractivity contribution in [1.29, 1.82) is 0 Å². The number of nitrogens with one attached hydrogen (secondary N) is 1. The minimum absolute atomic E-state index is 0.147. The zero-order valence-electron chi connectivity index (χ0n) is 18.9. The fourth-order valence-corrected chi connectivity index (χ4v) is 3.84. The van der Waals surface area contributed by atoms with Gasteiger partial charge in [-0.05, 0) is 60.5 Å². The molecule has 0 radical (unpaired) electrons. The van der Waals surface area contributed by atoms with Crippen molar-refractivity contribution in [3.8, 4) is 5.75 Å². The number of aromatic nitrogens is 2. The van der Waals surface area contributed by atoms with Crippen molar-refractivity contribution in [3.63, 3.8) is 0 Å². The van der Waals surface area contributed by atoms with Crippen molar-refractivity contribution in [2.75, 3.05) is 13.2 Å². The van der Waals surface area contributed by atoms with Crippen LogP contribution in [0.25, 0.3) is 10.9 Å². The van der Waals surface area contributed by atoms with Crippen LogP contribution in [-0.2, 0) is 6.54 Å². The molecule has 0 saturated carbocycles. The molecule has 2 heterocycles. The molecular weight excluding hydrogens is 456 g/mol. The third-order valence-electron chi connectivity index (χ3n) is 5.58. The van der Waals surface area contributed by atoms with Crippen LogP contribution in [0.2, 0.25) is 0 Å². The molecule has 0 aliphatic heterocycles. The Kier molecular flexibility index (Phi) is 7.17. The molecule has 7 nitrogen and oxygen atoms in total. The predicted molar refractivity (Wildman–Crippen MR) is 126 cm³/mol. The van der Waals surface area contributed by atoms with Gasteiger partial charge in [0.25, 0.3) is 11.5 Å². The maximum Gasteiger partial charge on any atom is 0.264 e. The number of aliphatic hydroxyl groups excluding tert-OH is 1. The summed E-state index contributed by atoms with van der Waals surface area (Å²) in [6, 6.07) is 12.2. The Morgan fingerprint density at radius 1 is 1.14 bits per heavy atom. The second-order valence-corrected chi connectivity index (χ2v) is 7.78. The molecule has 0 saturated heterocycles. The number of nitrogens with zero attached hydrogens (tertiary/aromatic N) is 2. The van der Waals surface area contributed by atoms with Crippen LogP contribution in [0.5, 0.6) is 5.75 Å². The van der Waals surface area contributed by atoms with Crippen LogP contribution in [0.1, 0.15) is 34.5 Å². The molecule has 0 spiro atoms. The Morgan fingerprint density at radius 2 is 1.97 bits per heavy atom.